The smallest absolute Gasteiger partial charge is 0.234 e. The van der Waals surface area contributed by atoms with Crippen LogP contribution in [0.4, 0.5) is 0 Å². The van der Waals surface area contributed by atoms with Gasteiger partial charge in [-0.05, 0) is 12.0 Å². The third-order valence-electron chi connectivity index (χ3n) is 3.75. The Kier molecular flexibility index (Phi) is 5.93. The van der Waals surface area contributed by atoms with Gasteiger partial charge in [0.2, 0.25) is 15.9 Å². The lowest BCUT2D eigenvalue weighted by Crippen LogP contribution is -2.50. The molecule has 1 amide bonds. The highest BCUT2D eigenvalue weighted by Crippen LogP contribution is 2.05. The summed E-state index contributed by atoms with van der Waals surface area (Å²) in [7, 11) is -3.12. The molecule has 0 aromatic heterocycles. The molecule has 1 aromatic rings. The van der Waals surface area contributed by atoms with Crippen LogP contribution in [-0.4, -0.2) is 69.1 Å². The number of benzene rings is 1. The van der Waals surface area contributed by atoms with Crippen LogP contribution in [0.1, 0.15) is 5.56 Å². The van der Waals surface area contributed by atoms with Crippen molar-refractivity contribution in [1.82, 2.24) is 14.5 Å². The van der Waals surface area contributed by atoms with E-state index < -0.39 is 10.0 Å². The summed E-state index contributed by atoms with van der Waals surface area (Å²) in [6.07, 6.45) is 2.04. The number of nitrogens with one attached hydrogen (secondary N) is 1. The molecule has 0 saturated carbocycles. The molecule has 1 heterocycles. The summed E-state index contributed by atoms with van der Waals surface area (Å²) in [5.74, 6) is -0.0104. The second kappa shape index (κ2) is 7.71. The van der Waals surface area contributed by atoms with Crippen molar-refractivity contribution in [3.05, 3.63) is 35.9 Å². The number of carbonyl (C=O) groups is 1. The molecule has 1 aromatic carbocycles. The summed E-state index contributed by atoms with van der Waals surface area (Å²) in [4.78, 5) is 13.9. The number of amides is 1. The minimum atomic E-state index is -3.12. The third kappa shape index (κ3) is 5.40. The van der Waals surface area contributed by atoms with E-state index in [2.05, 4.69) is 5.32 Å². The van der Waals surface area contributed by atoms with Gasteiger partial charge in [0.1, 0.15) is 0 Å². The highest BCUT2D eigenvalue weighted by molar-refractivity contribution is 7.88. The molecule has 0 bridgehead atoms. The Morgan fingerprint density at radius 2 is 1.77 bits per heavy atom. The monoisotopic (exact) mass is 325 g/mol. The Labute approximate surface area is 132 Å². The van der Waals surface area contributed by atoms with E-state index in [4.69, 9.17) is 0 Å². The standard InChI is InChI=1S/C15H23N3O3S/c1-22(20,21)18-11-9-17(10-12-18)13-15(19)16-8-7-14-5-3-2-4-6-14/h2-6H,7-13H2,1H3,(H,16,19). The molecule has 0 radical (unpaired) electrons. The second-order valence-corrected chi connectivity index (χ2v) is 7.51. The molecular formula is C15H23N3O3S. The fourth-order valence-corrected chi connectivity index (χ4v) is 3.30. The van der Waals surface area contributed by atoms with Gasteiger partial charge in [0.15, 0.2) is 0 Å². The first-order chi connectivity index (χ1) is 10.4. The molecule has 1 N–H and O–H groups in total. The van der Waals surface area contributed by atoms with Crippen molar-refractivity contribution in [3.8, 4) is 0 Å². The molecule has 22 heavy (non-hydrogen) atoms. The molecule has 1 saturated heterocycles. The number of nitrogens with zero attached hydrogens (tertiary/aromatic N) is 2. The Morgan fingerprint density at radius 3 is 2.36 bits per heavy atom. The van der Waals surface area contributed by atoms with Crippen LogP contribution in [0.25, 0.3) is 0 Å². The van der Waals surface area contributed by atoms with Crippen molar-refractivity contribution >= 4 is 15.9 Å². The largest absolute Gasteiger partial charge is 0.355 e. The molecule has 7 heteroatoms. The third-order valence-corrected chi connectivity index (χ3v) is 5.05. The average molecular weight is 325 g/mol. The van der Waals surface area contributed by atoms with Gasteiger partial charge in [-0.2, -0.15) is 4.31 Å². The summed E-state index contributed by atoms with van der Waals surface area (Å²) in [6, 6.07) is 10.0. The van der Waals surface area contributed by atoms with Crippen LogP contribution >= 0.6 is 0 Å². The number of sulfonamides is 1. The van der Waals surface area contributed by atoms with E-state index >= 15 is 0 Å². The van der Waals surface area contributed by atoms with E-state index in [0.29, 0.717) is 39.3 Å². The highest BCUT2D eigenvalue weighted by atomic mass is 32.2. The zero-order valence-electron chi connectivity index (χ0n) is 12.9. The number of hydrogen-bond acceptors (Lipinski definition) is 4. The van der Waals surface area contributed by atoms with Gasteiger partial charge < -0.3 is 5.32 Å². The predicted molar refractivity (Wildman–Crippen MR) is 86.0 cm³/mol. The summed E-state index contributed by atoms with van der Waals surface area (Å²) in [5.41, 5.74) is 1.20. The Morgan fingerprint density at radius 1 is 1.14 bits per heavy atom. The molecule has 0 spiro atoms. The van der Waals surface area contributed by atoms with Crippen LogP contribution in [0.2, 0.25) is 0 Å². The van der Waals surface area contributed by atoms with Gasteiger partial charge in [0, 0.05) is 32.7 Å². The molecule has 1 aliphatic rings. The van der Waals surface area contributed by atoms with Crippen LogP contribution < -0.4 is 5.32 Å². The van der Waals surface area contributed by atoms with Crippen LogP contribution in [0.15, 0.2) is 30.3 Å². The van der Waals surface area contributed by atoms with Crippen LogP contribution in [0.3, 0.4) is 0 Å². The number of hydrogen-bond donors (Lipinski definition) is 1. The second-order valence-electron chi connectivity index (χ2n) is 5.52. The van der Waals surface area contributed by atoms with Gasteiger partial charge in [-0.3, -0.25) is 9.69 Å². The molecule has 0 unspecified atom stereocenters. The number of rotatable bonds is 6. The van der Waals surface area contributed by atoms with Gasteiger partial charge in [0.05, 0.1) is 12.8 Å². The van der Waals surface area contributed by atoms with E-state index in [1.54, 1.807) is 0 Å². The van der Waals surface area contributed by atoms with Gasteiger partial charge in [-0.25, -0.2) is 8.42 Å². The molecule has 1 fully saturated rings. The Balaban J connectivity index is 1.66. The summed E-state index contributed by atoms with van der Waals surface area (Å²) in [5, 5.41) is 2.91. The SMILES string of the molecule is CS(=O)(=O)N1CCN(CC(=O)NCCc2ccccc2)CC1. The average Bonchev–Trinajstić information content (AvgIpc) is 2.48. The van der Waals surface area contributed by atoms with E-state index in [-0.39, 0.29) is 5.91 Å². The normalized spacial score (nSPS) is 17.3. The lowest BCUT2D eigenvalue weighted by Gasteiger charge is -2.32. The molecular weight excluding hydrogens is 302 g/mol. The van der Waals surface area contributed by atoms with Crippen molar-refractivity contribution < 1.29 is 13.2 Å². The minimum Gasteiger partial charge on any atom is -0.355 e. The predicted octanol–water partition coefficient (Wildman–Crippen LogP) is -0.0775. The fraction of sp³-hybridized carbons (Fsp3) is 0.533. The van der Waals surface area contributed by atoms with E-state index in [1.165, 1.54) is 16.1 Å². The van der Waals surface area contributed by atoms with Gasteiger partial charge in [-0.15, -0.1) is 0 Å². The molecule has 2 rings (SSSR count). The Bertz CT molecular complexity index is 581. The van der Waals surface area contributed by atoms with E-state index in [9.17, 15) is 13.2 Å². The quantitative estimate of drug-likeness (QED) is 0.794. The zero-order valence-corrected chi connectivity index (χ0v) is 13.7. The highest BCUT2D eigenvalue weighted by Gasteiger charge is 2.24. The molecule has 1 aliphatic heterocycles. The van der Waals surface area contributed by atoms with Crippen molar-refractivity contribution in [2.45, 2.75) is 6.42 Å². The number of carbonyl (C=O) groups excluding carboxylic acids is 1. The van der Waals surface area contributed by atoms with E-state index in [1.807, 2.05) is 35.2 Å². The summed E-state index contributed by atoms with van der Waals surface area (Å²) < 4.78 is 24.3. The minimum absolute atomic E-state index is 0.0104. The molecule has 0 aliphatic carbocycles. The van der Waals surface area contributed by atoms with Crippen molar-refractivity contribution in [1.29, 1.82) is 0 Å². The topological polar surface area (TPSA) is 69.7 Å². The lowest BCUT2D eigenvalue weighted by molar-refractivity contribution is -0.122. The van der Waals surface area contributed by atoms with Crippen molar-refractivity contribution in [2.75, 3.05) is 45.5 Å². The maximum absolute atomic E-state index is 11.9. The maximum atomic E-state index is 11.9. The maximum Gasteiger partial charge on any atom is 0.234 e. The zero-order chi connectivity index (χ0) is 16.0. The first-order valence-electron chi connectivity index (χ1n) is 7.43. The van der Waals surface area contributed by atoms with Crippen molar-refractivity contribution in [2.24, 2.45) is 0 Å². The van der Waals surface area contributed by atoms with Gasteiger partial charge in [-0.1, -0.05) is 30.3 Å². The van der Waals surface area contributed by atoms with Crippen molar-refractivity contribution in [3.63, 3.8) is 0 Å². The van der Waals surface area contributed by atoms with Crippen LogP contribution in [0, 0.1) is 0 Å². The van der Waals surface area contributed by atoms with Gasteiger partial charge in [0.25, 0.3) is 0 Å². The molecule has 0 atom stereocenters. The summed E-state index contributed by atoms with van der Waals surface area (Å²) in [6.45, 7) is 3.04. The first kappa shape index (κ1) is 16.9. The van der Waals surface area contributed by atoms with Crippen LogP contribution in [0.5, 0.6) is 0 Å². The van der Waals surface area contributed by atoms with Gasteiger partial charge >= 0.3 is 0 Å². The van der Waals surface area contributed by atoms with Crippen LogP contribution in [-0.2, 0) is 21.2 Å². The Hall–Kier alpha value is -1.44. The number of piperazine rings is 1. The lowest BCUT2D eigenvalue weighted by atomic mass is 10.1. The molecule has 122 valence electrons. The first-order valence-corrected chi connectivity index (χ1v) is 9.28. The fourth-order valence-electron chi connectivity index (χ4n) is 2.47. The summed E-state index contributed by atoms with van der Waals surface area (Å²) >= 11 is 0. The van der Waals surface area contributed by atoms with E-state index in [0.717, 1.165) is 6.42 Å². The molecule has 6 nitrogen and oxygen atoms in total.